The Morgan fingerprint density at radius 1 is 1.43 bits per heavy atom. The summed E-state index contributed by atoms with van der Waals surface area (Å²) in [7, 11) is 0. The molecule has 0 aromatic rings. The lowest BCUT2D eigenvalue weighted by molar-refractivity contribution is -0.137. The van der Waals surface area contributed by atoms with Crippen LogP contribution in [0.5, 0.6) is 0 Å². The Bertz CT molecular complexity index is 408. The van der Waals surface area contributed by atoms with Gasteiger partial charge < -0.3 is 20.6 Å². The molecule has 0 bridgehead atoms. The Balaban J connectivity index is 0.00000264. The summed E-state index contributed by atoms with van der Waals surface area (Å²) < 4.78 is 0. The van der Waals surface area contributed by atoms with Crippen molar-refractivity contribution < 1.29 is 14.7 Å². The maximum absolute atomic E-state index is 12.5. The molecule has 4 atom stereocenters. The molecule has 3 N–H and O–H groups in total. The van der Waals surface area contributed by atoms with Crippen LogP contribution < -0.4 is 10.6 Å². The number of halogens is 1. The number of likely N-dealkylation sites (tertiary alicyclic amines) is 1. The van der Waals surface area contributed by atoms with E-state index in [-0.39, 0.29) is 42.2 Å². The number of nitrogens with zero attached hydrogens (tertiary/aromatic N) is 1. The van der Waals surface area contributed by atoms with Crippen molar-refractivity contribution in [1.29, 1.82) is 0 Å². The third-order valence-corrected chi connectivity index (χ3v) is 4.62. The van der Waals surface area contributed by atoms with Gasteiger partial charge in [-0.2, -0.15) is 0 Å². The van der Waals surface area contributed by atoms with E-state index in [1.807, 2.05) is 6.92 Å². The van der Waals surface area contributed by atoms with E-state index >= 15 is 0 Å². The van der Waals surface area contributed by atoms with Gasteiger partial charge in [-0.3, -0.25) is 9.59 Å². The third kappa shape index (κ3) is 5.62. The van der Waals surface area contributed by atoms with E-state index in [4.69, 9.17) is 0 Å². The first-order valence-corrected chi connectivity index (χ1v) is 8.51. The molecular formula is C16H30ClN3O3. The van der Waals surface area contributed by atoms with Gasteiger partial charge in [-0.1, -0.05) is 13.3 Å². The topological polar surface area (TPSA) is 81.7 Å². The maximum atomic E-state index is 12.5. The van der Waals surface area contributed by atoms with Crippen LogP contribution in [0, 0.1) is 5.92 Å². The lowest BCUT2D eigenvalue weighted by Crippen LogP contribution is -2.51. The number of carbonyl (C=O) groups is 2. The molecule has 2 saturated heterocycles. The highest BCUT2D eigenvalue weighted by atomic mass is 35.5. The van der Waals surface area contributed by atoms with Crippen molar-refractivity contribution in [2.24, 2.45) is 5.92 Å². The summed E-state index contributed by atoms with van der Waals surface area (Å²) in [5, 5.41) is 15.6. The fourth-order valence-corrected chi connectivity index (χ4v) is 3.38. The van der Waals surface area contributed by atoms with Gasteiger partial charge in [0.15, 0.2) is 0 Å². The Kier molecular flexibility index (Phi) is 8.29. The normalized spacial score (nSPS) is 28.8. The van der Waals surface area contributed by atoms with Crippen LogP contribution in [-0.4, -0.2) is 59.6 Å². The molecule has 2 amide bonds. The molecule has 7 heteroatoms. The second-order valence-corrected chi connectivity index (χ2v) is 6.67. The van der Waals surface area contributed by atoms with Crippen LogP contribution in [0.2, 0.25) is 0 Å². The molecule has 0 saturated carbocycles. The van der Waals surface area contributed by atoms with Gasteiger partial charge in [0.1, 0.15) is 0 Å². The van der Waals surface area contributed by atoms with Crippen LogP contribution in [0.25, 0.3) is 0 Å². The highest BCUT2D eigenvalue weighted by molar-refractivity contribution is 5.85. The summed E-state index contributed by atoms with van der Waals surface area (Å²) in [5.41, 5.74) is 0. The van der Waals surface area contributed by atoms with Gasteiger partial charge in [0.25, 0.3) is 0 Å². The van der Waals surface area contributed by atoms with E-state index in [2.05, 4.69) is 17.6 Å². The van der Waals surface area contributed by atoms with Crippen LogP contribution in [0.1, 0.15) is 46.0 Å². The van der Waals surface area contributed by atoms with Crippen molar-refractivity contribution in [2.45, 2.75) is 64.1 Å². The molecule has 2 aliphatic heterocycles. The molecule has 0 aliphatic carbocycles. The van der Waals surface area contributed by atoms with Gasteiger partial charge in [0, 0.05) is 25.7 Å². The highest BCUT2D eigenvalue weighted by Crippen LogP contribution is 2.19. The minimum absolute atomic E-state index is 0. The Morgan fingerprint density at radius 3 is 2.78 bits per heavy atom. The van der Waals surface area contributed by atoms with Gasteiger partial charge in [-0.25, -0.2) is 0 Å². The molecule has 2 aliphatic rings. The molecule has 2 rings (SSSR count). The molecule has 0 aromatic carbocycles. The molecular weight excluding hydrogens is 318 g/mol. The van der Waals surface area contributed by atoms with Gasteiger partial charge in [0.2, 0.25) is 11.8 Å². The van der Waals surface area contributed by atoms with Crippen molar-refractivity contribution in [3.63, 3.8) is 0 Å². The average molecular weight is 348 g/mol. The Hall–Kier alpha value is -0.850. The molecule has 23 heavy (non-hydrogen) atoms. The van der Waals surface area contributed by atoms with Crippen molar-refractivity contribution in [3.8, 4) is 0 Å². The fourth-order valence-electron chi connectivity index (χ4n) is 3.38. The van der Waals surface area contributed by atoms with E-state index in [1.54, 1.807) is 4.90 Å². The number of piperidine rings is 1. The lowest BCUT2D eigenvalue weighted by atomic mass is 9.96. The number of hydrogen-bond donors (Lipinski definition) is 3. The number of carbonyl (C=O) groups excluding carboxylic acids is 2. The molecule has 4 unspecified atom stereocenters. The molecule has 6 nitrogen and oxygen atoms in total. The predicted octanol–water partition coefficient (Wildman–Crippen LogP) is 0.674. The standard InChI is InChI=1S/C16H29N3O3.ClH/c1-3-5-11(2)18-15(21)12-6-4-7-19(10-12)16(22)14-8-13(20)9-17-14;/h11-14,17,20H,3-10H2,1-2H3,(H,18,21);1H. The minimum atomic E-state index is -0.437. The number of β-amino-alcohol motifs (C(OH)–C–C–N with tert-alkyl or cyclic N) is 1. The van der Waals surface area contributed by atoms with Crippen molar-refractivity contribution in [2.75, 3.05) is 19.6 Å². The molecule has 2 fully saturated rings. The first kappa shape index (κ1) is 20.2. The van der Waals surface area contributed by atoms with Gasteiger partial charge in [-0.15, -0.1) is 12.4 Å². The van der Waals surface area contributed by atoms with E-state index < -0.39 is 6.10 Å². The average Bonchev–Trinajstić information content (AvgIpc) is 2.93. The number of aliphatic hydroxyl groups is 1. The summed E-state index contributed by atoms with van der Waals surface area (Å²) >= 11 is 0. The van der Waals surface area contributed by atoms with Crippen LogP contribution >= 0.6 is 12.4 Å². The zero-order valence-corrected chi connectivity index (χ0v) is 14.9. The summed E-state index contributed by atoms with van der Waals surface area (Å²) in [4.78, 5) is 26.6. The summed E-state index contributed by atoms with van der Waals surface area (Å²) in [6.07, 6.45) is 3.76. The van der Waals surface area contributed by atoms with Crippen LogP contribution in [0.4, 0.5) is 0 Å². The summed E-state index contributed by atoms with van der Waals surface area (Å²) in [6.45, 7) is 5.81. The Labute approximate surface area is 144 Å². The SMILES string of the molecule is CCCC(C)NC(=O)C1CCCN(C(=O)C2CC(O)CN2)C1.Cl. The minimum Gasteiger partial charge on any atom is -0.392 e. The van der Waals surface area contributed by atoms with E-state index in [1.165, 1.54) is 0 Å². The van der Waals surface area contributed by atoms with Crippen molar-refractivity contribution in [1.82, 2.24) is 15.5 Å². The van der Waals surface area contributed by atoms with Gasteiger partial charge in [-0.05, 0) is 32.6 Å². The summed E-state index contributed by atoms with van der Waals surface area (Å²) in [5.74, 6) is -0.0168. The number of hydrogen-bond acceptors (Lipinski definition) is 4. The first-order valence-electron chi connectivity index (χ1n) is 8.51. The number of amides is 2. The lowest BCUT2D eigenvalue weighted by Gasteiger charge is -2.34. The smallest absolute Gasteiger partial charge is 0.239 e. The van der Waals surface area contributed by atoms with Gasteiger partial charge in [0.05, 0.1) is 18.1 Å². The van der Waals surface area contributed by atoms with E-state index in [0.717, 1.165) is 25.7 Å². The number of aliphatic hydroxyl groups excluding tert-OH is 1. The molecule has 134 valence electrons. The second kappa shape index (κ2) is 9.45. The third-order valence-electron chi connectivity index (χ3n) is 4.62. The summed E-state index contributed by atoms with van der Waals surface area (Å²) in [6, 6.07) is -0.106. The molecule has 0 spiro atoms. The van der Waals surface area contributed by atoms with Gasteiger partial charge >= 0.3 is 0 Å². The van der Waals surface area contributed by atoms with Crippen LogP contribution in [0.3, 0.4) is 0 Å². The fraction of sp³-hybridized carbons (Fsp3) is 0.875. The molecule has 0 radical (unpaired) electrons. The quantitative estimate of drug-likeness (QED) is 0.683. The largest absolute Gasteiger partial charge is 0.392 e. The number of nitrogens with one attached hydrogen (secondary N) is 2. The zero-order chi connectivity index (χ0) is 16.1. The first-order chi connectivity index (χ1) is 10.5. The van der Waals surface area contributed by atoms with Crippen molar-refractivity contribution in [3.05, 3.63) is 0 Å². The van der Waals surface area contributed by atoms with Crippen LogP contribution in [0.15, 0.2) is 0 Å². The zero-order valence-electron chi connectivity index (χ0n) is 14.1. The Morgan fingerprint density at radius 2 is 2.17 bits per heavy atom. The highest BCUT2D eigenvalue weighted by Gasteiger charge is 2.35. The maximum Gasteiger partial charge on any atom is 0.239 e. The predicted molar refractivity (Wildman–Crippen MR) is 91.5 cm³/mol. The molecule has 0 aromatic heterocycles. The van der Waals surface area contributed by atoms with Crippen molar-refractivity contribution >= 4 is 24.2 Å². The van der Waals surface area contributed by atoms with Crippen LogP contribution in [-0.2, 0) is 9.59 Å². The second-order valence-electron chi connectivity index (χ2n) is 6.67. The molecule has 2 heterocycles. The number of rotatable bonds is 5. The van der Waals surface area contributed by atoms with E-state index in [9.17, 15) is 14.7 Å². The van der Waals surface area contributed by atoms with E-state index in [0.29, 0.717) is 26.1 Å². The monoisotopic (exact) mass is 347 g/mol.